The molecule has 0 atom stereocenters. The van der Waals surface area contributed by atoms with Crippen molar-refractivity contribution in [3.05, 3.63) is 83.2 Å². The monoisotopic (exact) mass is 404 g/mol. The molecule has 0 unspecified atom stereocenters. The number of aryl methyl sites for hydroxylation is 1. The highest BCUT2D eigenvalue weighted by Gasteiger charge is 2.26. The van der Waals surface area contributed by atoms with Crippen LogP contribution in [0.25, 0.3) is 0 Å². The first-order chi connectivity index (χ1) is 14.6. The lowest BCUT2D eigenvalue weighted by Crippen LogP contribution is -2.30. The summed E-state index contributed by atoms with van der Waals surface area (Å²) in [5.41, 5.74) is 2.75. The van der Waals surface area contributed by atoms with Crippen molar-refractivity contribution in [2.45, 2.75) is 26.1 Å². The first kappa shape index (κ1) is 19.7. The number of aromatic nitrogens is 2. The van der Waals surface area contributed by atoms with Gasteiger partial charge in [-0.3, -0.25) is 14.3 Å². The number of carbonyl (C=O) groups excluding carboxylic acids is 2. The zero-order valence-corrected chi connectivity index (χ0v) is 16.9. The summed E-state index contributed by atoms with van der Waals surface area (Å²) < 4.78 is 6.79. The Balaban J connectivity index is 1.44. The maximum atomic E-state index is 13.0. The number of rotatable bonds is 6. The average molecular weight is 404 g/mol. The molecule has 1 N–H and O–H groups in total. The molecular formula is C23H24N4O3. The predicted molar refractivity (Wildman–Crippen MR) is 112 cm³/mol. The van der Waals surface area contributed by atoms with Gasteiger partial charge in [-0.05, 0) is 29.7 Å². The van der Waals surface area contributed by atoms with Crippen LogP contribution in [0, 0.1) is 0 Å². The van der Waals surface area contributed by atoms with Gasteiger partial charge in [0, 0.05) is 32.2 Å². The Morgan fingerprint density at radius 3 is 2.57 bits per heavy atom. The highest BCUT2D eigenvalue weighted by molar-refractivity contribution is 5.98. The van der Waals surface area contributed by atoms with Crippen LogP contribution in [0.3, 0.4) is 0 Å². The summed E-state index contributed by atoms with van der Waals surface area (Å²) in [5, 5.41) is 7.24. The zero-order valence-electron chi connectivity index (χ0n) is 16.9. The maximum Gasteiger partial charge on any atom is 0.272 e. The Morgan fingerprint density at radius 1 is 1.07 bits per heavy atom. The predicted octanol–water partition coefficient (Wildman–Crippen LogP) is 2.87. The van der Waals surface area contributed by atoms with Gasteiger partial charge in [0.25, 0.3) is 11.8 Å². The average Bonchev–Trinajstić information content (AvgIpc) is 3.16. The Kier molecular flexibility index (Phi) is 5.79. The lowest BCUT2D eigenvalue weighted by molar-refractivity contribution is 0.0745. The summed E-state index contributed by atoms with van der Waals surface area (Å²) in [6, 6.07) is 19.0. The minimum Gasteiger partial charge on any atom is -0.497 e. The van der Waals surface area contributed by atoms with Crippen LogP contribution in [-0.4, -0.2) is 40.1 Å². The second kappa shape index (κ2) is 8.82. The van der Waals surface area contributed by atoms with Gasteiger partial charge in [0.15, 0.2) is 5.69 Å². The van der Waals surface area contributed by atoms with E-state index in [2.05, 4.69) is 10.4 Å². The minimum atomic E-state index is -0.297. The minimum absolute atomic E-state index is 0.0990. The summed E-state index contributed by atoms with van der Waals surface area (Å²) in [6.07, 6.45) is 0.792. The topological polar surface area (TPSA) is 76.5 Å². The summed E-state index contributed by atoms with van der Waals surface area (Å²) in [7, 11) is 1.61. The molecule has 7 heteroatoms. The van der Waals surface area contributed by atoms with E-state index in [1.54, 1.807) is 17.9 Å². The lowest BCUT2D eigenvalue weighted by Gasteiger charge is -2.20. The van der Waals surface area contributed by atoms with E-state index in [0.717, 1.165) is 23.3 Å². The third-order valence-corrected chi connectivity index (χ3v) is 5.15. The molecule has 0 saturated heterocycles. The van der Waals surface area contributed by atoms with Crippen molar-refractivity contribution in [3.63, 3.8) is 0 Å². The third kappa shape index (κ3) is 4.35. The van der Waals surface area contributed by atoms with Crippen LogP contribution in [0.5, 0.6) is 5.75 Å². The standard InChI is InChI=1S/C23H24N4O3/c1-30-19-10-8-17(9-11-19)15-24-22(28)20-14-21-23(29)26(12-5-13-27(21)25-20)16-18-6-3-2-4-7-18/h2-4,6-11,14H,5,12-13,15-16H2,1H3,(H,24,28). The lowest BCUT2D eigenvalue weighted by atomic mass is 10.2. The normalized spacial score (nSPS) is 13.5. The van der Waals surface area contributed by atoms with Gasteiger partial charge in [0.05, 0.1) is 7.11 Å². The summed E-state index contributed by atoms with van der Waals surface area (Å²) in [6.45, 7) is 2.19. The van der Waals surface area contributed by atoms with Gasteiger partial charge in [0.2, 0.25) is 0 Å². The van der Waals surface area contributed by atoms with E-state index in [9.17, 15) is 9.59 Å². The van der Waals surface area contributed by atoms with Gasteiger partial charge in [-0.25, -0.2) is 0 Å². The molecule has 154 valence electrons. The molecule has 1 aliphatic rings. The molecule has 2 heterocycles. The molecule has 1 aliphatic heterocycles. The Hall–Kier alpha value is -3.61. The van der Waals surface area contributed by atoms with Crippen LogP contribution >= 0.6 is 0 Å². The molecule has 0 aliphatic carbocycles. The van der Waals surface area contributed by atoms with Gasteiger partial charge < -0.3 is 15.0 Å². The highest BCUT2D eigenvalue weighted by atomic mass is 16.5. The van der Waals surface area contributed by atoms with E-state index in [4.69, 9.17) is 4.74 Å². The van der Waals surface area contributed by atoms with Gasteiger partial charge in [-0.2, -0.15) is 5.10 Å². The van der Waals surface area contributed by atoms with Gasteiger partial charge in [0.1, 0.15) is 11.4 Å². The van der Waals surface area contributed by atoms with E-state index < -0.39 is 0 Å². The molecule has 4 rings (SSSR count). The molecule has 0 radical (unpaired) electrons. The molecule has 0 bridgehead atoms. The van der Waals surface area contributed by atoms with Crippen LogP contribution in [0.15, 0.2) is 60.7 Å². The van der Waals surface area contributed by atoms with Gasteiger partial charge >= 0.3 is 0 Å². The summed E-state index contributed by atoms with van der Waals surface area (Å²) in [5.74, 6) is 0.369. The van der Waals surface area contributed by atoms with Crippen LogP contribution in [-0.2, 0) is 19.6 Å². The fourth-order valence-corrected chi connectivity index (χ4v) is 3.52. The number of nitrogens with zero attached hydrogens (tertiary/aromatic N) is 3. The molecule has 0 spiro atoms. The quantitative estimate of drug-likeness (QED) is 0.685. The Bertz CT molecular complexity index is 1030. The number of nitrogens with one attached hydrogen (secondary N) is 1. The number of benzene rings is 2. The molecule has 2 aromatic carbocycles. The summed E-state index contributed by atoms with van der Waals surface area (Å²) in [4.78, 5) is 27.4. The number of amides is 2. The molecule has 30 heavy (non-hydrogen) atoms. The Labute approximate surface area is 175 Å². The van der Waals surface area contributed by atoms with E-state index in [1.807, 2.05) is 59.5 Å². The first-order valence-electron chi connectivity index (χ1n) is 9.96. The molecule has 2 amide bonds. The van der Waals surface area contributed by atoms with Gasteiger partial charge in [-0.1, -0.05) is 42.5 Å². The van der Waals surface area contributed by atoms with E-state index in [1.165, 1.54) is 0 Å². The molecule has 7 nitrogen and oxygen atoms in total. The first-order valence-corrected chi connectivity index (χ1v) is 9.96. The number of hydrogen-bond donors (Lipinski definition) is 1. The van der Waals surface area contributed by atoms with Crippen LogP contribution in [0.2, 0.25) is 0 Å². The van der Waals surface area contributed by atoms with Crippen LogP contribution in [0.4, 0.5) is 0 Å². The number of carbonyl (C=O) groups is 2. The largest absolute Gasteiger partial charge is 0.497 e. The van der Waals surface area contributed by atoms with Crippen LogP contribution in [0.1, 0.15) is 38.5 Å². The molecular weight excluding hydrogens is 380 g/mol. The maximum absolute atomic E-state index is 13.0. The van der Waals surface area contributed by atoms with Crippen molar-refractivity contribution < 1.29 is 14.3 Å². The zero-order chi connectivity index (χ0) is 20.9. The highest BCUT2D eigenvalue weighted by Crippen LogP contribution is 2.17. The summed E-state index contributed by atoms with van der Waals surface area (Å²) >= 11 is 0. The van der Waals surface area contributed by atoms with Crippen molar-refractivity contribution in [1.29, 1.82) is 0 Å². The van der Waals surface area contributed by atoms with E-state index in [-0.39, 0.29) is 17.5 Å². The number of methoxy groups -OCH3 is 1. The molecule has 0 saturated carbocycles. The molecule has 1 aromatic heterocycles. The number of fused-ring (bicyclic) bond motifs is 1. The van der Waals surface area contributed by atoms with Crippen molar-refractivity contribution in [1.82, 2.24) is 20.0 Å². The second-order valence-electron chi connectivity index (χ2n) is 7.23. The Morgan fingerprint density at radius 2 is 1.83 bits per heavy atom. The van der Waals surface area contributed by atoms with E-state index in [0.29, 0.717) is 31.9 Å². The van der Waals surface area contributed by atoms with Gasteiger partial charge in [-0.15, -0.1) is 0 Å². The fraction of sp³-hybridized carbons (Fsp3) is 0.261. The molecule has 3 aromatic rings. The second-order valence-corrected chi connectivity index (χ2v) is 7.23. The SMILES string of the molecule is COc1ccc(CNC(=O)c2cc3n(n2)CCCN(Cc2ccccc2)C3=O)cc1. The van der Waals surface area contributed by atoms with Crippen molar-refractivity contribution >= 4 is 11.8 Å². The smallest absolute Gasteiger partial charge is 0.272 e. The van der Waals surface area contributed by atoms with Crippen molar-refractivity contribution in [3.8, 4) is 5.75 Å². The molecule has 0 fully saturated rings. The fourth-order valence-electron chi connectivity index (χ4n) is 3.52. The number of ether oxygens (including phenoxy) is 1. The van der Waals surface area contributed by atoms with E-state index >= 15 is 0 Å². The van der Waals surface area contributed by atoms with Crippen molar-refractivity contribution in [2.75, 3.05) is 13.7 Å². The van der Waals surface area contributed by atoms with Crippen LogP contribution < -0.4 is 10.1 Å². The van der Waals surface area contributed by atoms with Crippen molar-refractivity contribution in [2.24, 2.45) is 0 Å². The third-order valence-electron chi connectivity index (χ3n) is 5.15. The number of hydrogen-bond acceptors (Lipinski definition) is 4.